The first-order chi connectivity index (χ1) is 9.49. The minimum Gasteiger partial charge on any atom is -0.396 e. The van der Waals surface area contributed by atoms with E-state index in [4.69, 9.17) is 5.73 Å². The van der Waals surface area contributed by atoms with Crippen LogP contribution in [0.5, 0.6) is 0 Å². The molecule has 7 nitrogen and oxygen atoms in total. The summed E-state index contributed by atoms with van der Waals surface area (Å²) in [6.07, 6.45) is 4.78. The highest BCUT2D eigenvalue weighted by atomic mass is 16.2. The number of nitrogen functional groups attached to an aromatic ring is 1. The van der Waals surface area contributed by atoms with Gasteiger partial charge < -0.3 is 16.0 Å². The second-order valence-electron chi connectivity index (χ2n) is 5.19. The molecule has 0 bridgehead atoms. The highest BCUT2D eigenvalue weighted by molar-refractivity contribution is 5.99. The number of nitrogens with two attached hydrogens (primary N) is 1. The molecule has 110 valence electrons. The summed E-state index contributed by atoms with van der Waals surface area (Å²) in [6.45, 7) is 3.23. The van der Waals surface area contributed by atoms with Crippen LogP contribution in [0.4, 0.5) is 5.69 Å². The summed E-state index contributed by atoms with van der Waals surface area (Å²) in [5, 5.41) is 6.65. The van der Waals surface area contributed by atoms with Crippen molar-refractivity contribution in [1.29, 1.82) is 0 Å². The predicted octanol–water partition coefficient (Wildman–Crippen LogP) is 0.133. The number of hydrogen-bond donors (Lipinski definition) is 2. The van der Waals surface area contributed by atoms with Crippen LogP contribution in [0.25, 0.3) is 0 Å². The Hall–Kier alpha value is -2.05. The fourth-order valence-electron chi connectivity index (χ4n) is 2.40. The number of likely N-dealkylation sites (tertiary alicyclic amines) is 1. The fraction of sp³-hybridized carbons (Fsp3) is 0.615. The fourth-order valence-corrected chi connectivity index (χ4v) is 2.40. The summed E-state index contributed by atoms with van der Waals surface area (Å²) in [5.41, 5.74) is 6.16. The molecule has 1 aliphatic heterocycles. The third-order valence-electron chi connectivity index (χ3n) is 3.46. The van der Waals surface area contributed by atoms with Gasteiger partial charge in [-0.05, 0) is 26.2 Å². The van der Waals surface area contributed by atoms with Crippen LogP contribution >= 0.6 is 0 Å². The van der Waals surface area contributed by atoms with E-state index in [0.29, 0.717) is 5.69 Å². The molecule has 0 saturated carbocycles. The van der Waals surface area contributed by atoms with Gasteiger partial charge in [0.25, 0.3) is 5.91 Å². The Bertz CT molecular complexity index is 505. The molecule has 1 atom stereocenters. The second-order valence-corrected chi connectivity index (χ2v) is 5.19. The number of aryl methyl sites for hydroxylation is 1. The second kappa shape index (κ2) is 5.94. The molecule has 1 unspecified atom stereocenters. The van der Waals surface area contributed by atoms with E-state index < -0.39 is 11.9 Å². The van der Waals surface area contributed by atoms with E-state index in [0.717, 1.165) is 32.4 Å². The lowest BCUT2D eigenvalue weighted by Crippen LogP contribution is -2.48. The molecule has 1 aromatic heterocycles. The first-order valence-corrected chi connectivity index (χ1v) is 6.88. The maximum atomic E-state index is 12.2. The van der Waals surface area contributed by atoms with Gasteiger partial charge in [-0.2, -0.15) is 5.10 Å². The molecular formula is C13H21N5O2. The maximum Gasteiger partial charge on any atom is 0.274 e. The van der Waals surface area contributed by atoms with E-state index in [1.54, 1.807) is 25.1 Å². The molecular weight excluding hydrogens is 258 g/mol. The van der Waals surface area contributed by atoms with Crippen molar-refractivity contribution in [1.82, 2.24) is 20.0 Å². The van der Waals surface area contributed by atoms with Gasteiger partial charge in [0, 0.05) is 26.3 Å². The van der Waals surface area contributed by atoms with Crippen LogP contribution in [0, 0.1) is 0 Å². The first-order valence-electron chi connectivity index (χ1n) is 6.88. The summed E-state index contributed by atoms with van der Waals surface area (Å²) in [6, 6.07) is -0.568. The predicted molar refractivity (Wildman–Crippen MR) is 75.0 cm³/mol. The Kier molecular flexibility index (Phi) is 4.26. The molecule has 0 aliphatic carbocycles. The van der Waals surface area contributed by atoms with Crippen molar-refractivity contribution in [3.8, 4) is 0 Å². The maximum absolute atomic E-state index is 12.2. The van der Waals surface area contributed by atoms with Crippen molar-refractivity contribution in [2.75, 3.05) is 18.8 Å². The third-order valence-corrected chi connectivity index (χ3v) is 3.46. The third kappa shape index (κ3) is 3.09. The van der Waals surface area contributed by atoms with Crippen LogP contribution in [0.15, 0.2) is 6.20 Å². The molecule has 1 aromatic rings. The number of nitrogens with one attached hydrogen (secondary N) is 1. The number of anilines is 1. The Morgan fingerprint density at radius 1 is 1.35 bits per heavy atom. The quantitative estimate of drug-likeness (QED) is 0.822. The average Bonchev–Trinajstić information content (AvgIpc) is 2.78. The molecule has 20 heavy (non-hydrogen) atoms. The lowest BCUT2D eigenvalue weighted by Gasteiger charge is -2.29. The molecule has 1 fully saturated rings. The number of rotatable bonds is 3. The molecule has 3 N–H and O–H groups in total. The van der Waals surface area contributed by atoms with Crippen molar-refractivity contribution in [3.63, 3.8) is 0 Å². The normalized spacial score (nSPS) is 16.8. The molecule has 1 saturated heterocycles. The summed E-state index contributed by atoms with van der Waals surface area (Å²) in [5.74, 6) is -0.464. The topological polar surface area (TPSA) is 93.2 Å². The summed E-state index contributed by atoms with van der Waals surface area (Å²) < 4.78 is 1.47. The number of nitrogens with zero attached hydrogens (tertiary/aromatic N) is 3. The molecule has 2 amide bonds. The molecule has 0 aromatic carbocycles. The summed E-state index contributed by atoms with van der Waals surface area (Å²) in [4.78, 5) is 26.0. The van der Waals surface area contributed by atoms with E-state index in [-0.39, 0.29) is 11.6 Å². The van der Waals surface area contributed by atoms with Crippen LogP contribution in [-0.4, -0.2) is 45.6 Å². The van der Waals surface area contributed by atoms with Gasteiger partial charge >= 0.3 is 0 Å². The number of carbonyl (C=O) groups excluding carboxylic acids is 2. The van der Waals surface area contributed by atoms with E-state index >= 15 is 0 Å². The van der Waals surface area contributed by atoms with Crippen molar-refractivity contribution in [3.05, 3.63) is 11.9 Å². The van der Waals surface area contributed by atoms with Crippen molar-refractivity contribution >= 4 is 17.5 Å². The van der Waals surface area contributed by atoms with Crippen LogP contribution < -0.4 is 11.1 Å². The van der Waals surface area contributed by atoms with Gasteiger partial charge in [-0.25, -0.2) is 0 Å². The first kappa shape index (κ1) is 14.4. The Morgan fingerprint density at radius 3 is 2.55 bits per heavy atom. The molecule has 1 aliphatic rings. The summed E-state index contributed by atoms with van der Waals surface area (Å²) in [7, 11) is 1.69. The van der Waals surface area contributed by atoms with Gasteiger partial charge in [0.05, 0.1) is 5.69 Å². The van der Waals surface area contributed by atoms with Gasteiger partial charge in [-0.3, -0.25) is 14.3 Å². The standard InChI is InChI=1S/C13H21N5O2/c1-9(13(20)18-6-4-3-5-7-18)15-12(19)11-10(14)8-17(2)16-11/h8-9H,3-7,14H2,1-2H3,(H,15,19). The van der Waals surface area contributed by atoms with Crippen LogP contribution in [0.3, 0.4) is 0 Å². The van der Waals surface area contributed by atoms with Crippen LogP contribution in [0.2, 0.25) is 0 Å². The lowest BCUT2D eigenvalue weighted by molar-refractivity contribution is -0.133. The zero-order chi connectivity index (χ0) is 14.7. The monoisotopic (exact) mass is 279 g/mol. The number of hydrogen-bond acceptors (Lipinski definition) is 4. The minimum atomic E-state index is -0.568. The minimum absolute atomic E-state index is 0.0486. The van der Waals surface area contributed by atoms with Gasteiger partial charge in [-0.1, -0.05) is 0 Å². The molecule has 0 spiro atoms. The number of amides is 2. The highest BCUT2D eigenvalue weighted by Crippen LogP contribution is 2.11. The number of piperidine rings is 1. The molecule has 2 heterocycles. The van der Waals surface area contributed by atoms with Gasteiger partial charge in [-0.15, -0.1) is 0 Å². The molecule has 0 radical (unpaired) electrons. The average molecular weight is 279 g/mol. The number of carbonyl (C=O) groups is 2. The van der Waals surface area contributed by atoms with Gasteiger partial charge in [0.1, 0.15) is 6.04 Å². The van der Waals surface area contributed by atoms with E-state index in [9.17, 15) is 9.59 Å². The van der Waals surface area contributed by atoms with E-state index in [1.165, 1.54) is 4.68 Å². The summed E-state index contributed by atoms with van der Waals surface area (Å²) >= 11 is 0. The molecule has 7 heteroatoms. The zero-order valence-corrected chi connectivity index (χ0v) is 11.9. The lowest BCUT2D eigenvalue weighted by atomic mass is 10.1. The highest BCUT2D eigenvalue weighted by Gasteiger charge is 2.25. The van der Waals surface area contributed by atoms with Crippen molar-refractivity contribution in [2.24, 2.45) is 7.05 Å². The largest absolute Gasteiger partial charge is 0.396 e. The Labute approximate surface area is 118 Å². The zero-order valence-electron chi connectivity index (χ0n) is 11.9. The van der Waals surface area contributed by atoms with E-state index in [2.05, 4.69) is 10.4 Å². The van der Waals surface area contributed by atoms with Crippen LogP contribution in [-0.2, 0) is 11.8 Å². The smallest absolute Gasteiger partial charge is 0.274 e. The number of aromatic nitrogens is 2. The van der Waals surface area contributed by atoms with Crippen LogP contribution in [0.1, 0.15) is 36.7 Å². The SMILES string of the molecule is CC(NC(=O)c1nn(C)cc1N)C(=O)N1CCCCC1. The van der Waals surface area contributed by atoms with Crippen molar-refractivity contribution in [2.45, 2.75) is 32.2 Å². The Balaban J connectivity index is 1.96. The van der Waals surface area contributed by atoms with Crippen molar-refractivity contribution < 1.29 is 9.59 Å². The van der Waals surface area contributed by atoms with Gasteiger partial charge in [0.15, 0.2) is 5.69 Å². The molecule has 2 rings (SSSR count). The Morgan fingerprint density at radius 2 is 2.00 bits per heavy atom. The van der Waals surface area contributed by atoms with Gasteiger partial charge in [0.2, 0.25) is 5.91 Å². The van der Waals surface area contributed by atoms with E-state index in [1.807, 2.05) is 0 Å².